The molecular formula is C14H24O5. The van der Waals surface area contributed by atoms with E-state index in [0.29, 0.717) is 38.1 Å². The van der Waals surface area contributed by atoms with Crippen molar-refractivity contribution in [3.63, 3.8) is 0 Å². The van der Waals surface area contributed by atoms with Crippen molar-refractivity contribution in [1.29, 1.82) is 0 Å². The summed E-state index contributed by atoms with van der Waals surface area (Å²) in [5, 5.41) is 0. The Morgan fingerprint density at radius 3 is 2.16 bits per heavy atom. The molecule has 0 aromatic heterocycles. The van der Waals surface area contributed by atoms with Crippen molar-refractivity contribution < 1.29 is 23.7 Å². The average Bonchev–Trinajstić information content (AvgIpc) is 3.22. The highest BCUT2D eigenvalue weighted by Crippen LogP contribution is 2.32. The Morgan fingerprint density at radius 2 is 1.58 bits per heavy atom. The first-order chi connectivity index (χ1) is 9.13. The van der Waals surface area contributed by atoms with E-state index in [4.69, 9.17) is 23.7 Å². The van der Waals surface area contributed by atoms with E-state index in [-0.39, 0.29) is 11.5 Å². The molecule has 5 nitrogen and oxygen atoms in total. The van der Waals surface area contributed by atoms with Crippen LogP contribution in [0.2, 0.25) is 0 Å². The van der Waals surface area contributed by atoms with Gasteiger partial charge in [-0.3, -0.25) is 0 Å². The lowest BCUT2D eigenvalue weighted by atomic mass is 9.84. The molecule has 0 radical (unpaired) electrons. The molecule has 19 heavy (non-hydrogen) atoms. The second kappa shape index (κ2) is 5.66. The Labute approximate surface area is 114 Å². The van der Waals surface area contributed by atoms with Crippen LogP contribution in [0.3, 0.4) is 0 Å². The second-order valence-corrected chi connectivity index (χ2v) is 6.43. The van der Waals surface area contributed by atoms with E-state index in [1.807, 2.05) is 0 Å². The molecule has 3 fully saturated rings. The first-order valence-electron chi connectivity index (χ1n) is 7.17. The summed E-state index contributed by atoms with van der Waals surface area (Å²) in [6, 6.07) is 0. The summed E-state index contributed by atoms with van der Waals surface area (Å²) in [6.45, 7) is 9.01. The fourth-order valence-electron chi connectivity index (χ4n) is 2.15. The van der Waals surface area contributed by atoms with Gasteiger partial charge in [0.05, 0.1) is 51.8 Å². The summed E-state index contributed by atoms with van der Waals surface area (Å²) in [5.41, 5.74) is -0.0181. The minimum absolute atomic E-state index is 0.0181. The van der Waals surface area contributed by atoms with Crippen molar-refractivity contribution in [2.24, 2.45) is 5.41 Å². The second-order valence-electron chi connectivity index (χ2n) is 6.43. The van der Waals surface area contributed by atoms with E-state index in [9.17, 15) is 0 Å². The zero-order chi connectivity index (χ0) is 13.3. The van der Waals surface area contributed by atoms with Crippen molar-refractivity contribution in [2.45, 2.75) is 44.7 Å². The minimum Gasteiger partial charge on any atom is -0.378 e. The predicted octanol–water partition coefficient (Wildman–Crippen LogP) is 1.00. The highest BCUT2D eigenvalue weighted by molar-refractivity contribution is 4.86. The molecular weight excluding hydrogens is 248 g/mol. The van der Waals surface area contributed by atoms with Crippen LogP contribution in [0.1, 0.15) is 20.3 Å². The van der Waals surface area contributed by atoms with Gasteiger partial charge in [0.2, 0.25) is 0 Å². The van der Waals surface area contributed by atoms with Crippen LogP contribution < -0.4 is 0 Å². The lowest BCUT2D eigenvalue weighted by Crippen LogP contribution is -2.38. The minimum atomic E-state index is -0.0181. The molecule has 0 aliphatic carbocycles. The lowest BCUT2D eigenvalue weighted by molar-refractivity contribution is -0.0758. The van der Waals surface area contributed by atoms with Crippen LogP contribution >= 0.6 is 0 Å². The summed E-state index contributed by atoms with van der Waals surface area (Å²) in [6.07, 6.45) is 2.10. The fraction of sp³-hybridized carbons (Fsp3) is 1.00. The average molecular weight is 272 g/mol. The van der Waals surface area contributed by atoms with Crippen LogP contribution in [0.4, 0.5) is 0 Å². The third-order valence-electron chi connectivity index (χ3n) is 3.82. The molecule has 3 heterocycles. The van der Waals surface area contributed by atoms with Gasteiger partial charge in [-0.1, -0.05) is 13.8 Å². The quantitative estimate of drug-likeness (QED) is 0.555. The summed E-state index contributed by atoms with van der Waals surface area (Å²) >= 11 is 0. The van der Waals surface area contributed by atoms with E-state index in [1.54, 1.807) is 0 Å². The molecule has 5 heteroatoms. The van der Waals surface area contributed by atoms with Crippen LogP contribution in [-0.4, -0.2) is 64.1 Å². The number of hydrogen-bond donors (Lipinski definition) is 0. The molecule has 3 aliphatic heterocycles. The molecule has 0 N–H and O–H groups in total. The molecule has 0 amide bonds. The van der Waals surface area contributed by atoms with Gasteiger partial charge < -0.3 is 23.7 Å². The maximum Gasteiger partial charge on any atom is 0.104 e. The van der Waals surface area contributed by atoms with Crippen LogP contribution in [0.5, 0.6) is 0 Å². The highest BCUT2D eigenvalue weighted by atomic mass is 16.6. The summed E-state index contributed by atoms with van der Waals surface area (Å²) in [5.74, 6) is 0. The molecule has 4 unspecified atom stereocenters. The molecule has 3 saturated heterocycles. The van der Waals surface area contributed by atoms with Gasteiger partial charge in [-0.25, -0.2) is 0 Å². The fourth-order valence-corrected chi connectivity index (χ4v) is 2.15. The molecule has 4 atom stereocenters. The van der Waals surface area contributed by atoms with Crippen molar-refractivity contribution in [3.8, 4) is 0 Å². The first kappa shape index (κ1) is 13.8. The smallest absolute Gasteiger partial charge is 0.104 e. The van der Waals surface area contributed by atoms with Crippen LogP contribution in [0.15, 0.2) is 0 Å². The monoisotopic (exact) mass is 272 g/mol. The summed E-state index contributed by atoms with van der Waals surface area (Å²) < 4.78 is 27.5. The van der Waals surface area contributed by atoms with Gasteiger partial charge in [0.15, 0.2) is 0 Å². The maximum absolute atomic E-state index is 6.04. The Morgan fingerprint density at radius 1 is 1.00 bits per heavy atom. The molecule has 0 saturated carbocycles. The number of rotatable bonds is 10. The Hall–Kier alpha value is -0.200. The molecule has 0 spiro atoms. The largest absolute Gasteiger partial charge is 0.378 e. The number of epoxide rings is 3. The molecule has 3 aliphatic rings. The van der Waals surface area contributed by atoms with Gasteiger partial charge in [0, 0.05) is 11.8 Å². The predicted molar refractivity (Wildman–Crippen MR) is 68.2 cm³/mol. The maximum atomic E-state index is 6.04. The normalized spacial score (nSPS) is 34.1. The Kier molecular flexibility index (Phi) is 4.10. The van der Waals surface area contributed by atoms with Crippen LogP contribution in [0, 0.1) is 5.41 Å². The Bertz CT molecular complexity index is 294. The molecule has 0 aromatic carbocycles. The van der Waals surface area contributed by atoms with Crippen molar-refractivity contribution in [2.75, 3.05) is 39.6 Å². The Balaban J connectivity index is 1.45. The van der Waals surface area contributed by atoms with Crippen molar-refractivity contribution in [3.05, 3.63) is 0 Å². The van der Waals surface area contributed by atoms with Crippen molar-refractivity contribution in [1.82, 2.24) is 0 Å². The first-order valence-corrected chi connectivity index (χ1v) is 7.17. The summed E-state index contributed by atoms with van der Waals surface area (Å²) in [4.78, 5) is 0. The van der Waals surface area contributed by atoms with E-state index >= 15 is 0 Å². The van der Waals surface area contributed by atoms with Gasteiger partial charge >= 0.3 is 0 Å². The summed E-state index contributed by atoms with van der Waals surface area (Å²) in [7, 11) is 0. The van der Waals surface area contributed by atoms with Crippen LogP contribution in [0.25, 0.3) is 0 Å². The molecule has 3 rings (SSSR count). The SMILES string of the molecule is CC(C)(COCC1CO1)C(CC1CO1)OCC1CO1. The third-order valence-corrected chi connectivity index (χ3v) is 3.82. The van der Waals surface area contributed by atoms with Gasteiger partial charge in [-0.05, 0) is 0 Å². The van der Waals surface area contributed by atoms with Gasteiger partial charge in [0.25, 0.3) is 0 Å². The van der Waals surface area contributed by atoms with E-state index in [0.717, 1.165) is 26.2 Å². The standard InChI is InChI=1S/C14H24O5/c1-14(2,9-15-4-11-6-17-11)13(3-10-5-16-10)19-8-12-7-18-12/h10-13H,3-9H2,1-2H3. The zero-order valence-electron chi connectivity index (χ0n) is 11.8. The number of ether oxygens (including phenoxy) is 5. The van der Waals surface area contributed by atoms with E-state index in [2.05, 4.69) is 13.8 Å². The third kappa shape index (κ3) is 4.68. The van der Waals surface area contributed by atoms with Gasteiger partial charge in [-0.15, -0.1) is 0 Å². The molecule has 0 bridgehead atoms. The van der Waals surface area contributed by atoms with Crippen LogP contribution in [-0.2, 0) is 23.7 Å². The molecule has 0 aromatic rings. The zero-order valence-corrected chi connectivity index (χ0v) is 11.8. The topological polar surface area (TPSA) is 56.0 Å². The van der Waals surface area contributed by atoms with E-state index < -0.39 is 0 Å². The van der Waals surface area contributed by atoms with Gasteiger partial charge in [0.1, 0.15) is 12.2 Å². The molecule has 110 valence electrons. The lowest BCUT2D eigenvalue weighted by Gasteiger charge is -2.33. The van der Waals surface area contributed by atoms with E-state index in [1.165, 1.54) is 0 Å². The number of hydrogen-bond acceptors (Lipinski definition) is 5. The van der Waals surface area contributed by atoms with Crippen molar-refractivity contribution >= 4 is 0 Å². The van der Waals surface area contributed by atoms with Gasteiger partial charge in [-0.2, -0.15) is 0 Å². The highest BCUT2D eigenvalue weighted by Gasteiger charge is 2.38.